The first kappa shape index (κ1) is 26.0. The highest BCUT2D eigenvalue weighted by molar-refractivity contribution is 5.82. The molecule has 36 heavy (non-hydrogen) atoms. The maximum absolute atomic E-state index is 13.3. The molecule has 8 nitrogen and oxygen atoms in total. The number of alkyl halides is 3. The molecule has 1 amide bonds. The lowest BCUT2D eigenvalue weighted by atomic mass is 9.83. The summed E-state index contributed by atoms with van der Waals surface area (Å²) in [6, 6.07) is 5.40. The predicted octanol–water partition coefficient (Wildman–Crippen LogP) is 3.52. The van der Waals surface area contributed by atoms with Gasteiger partial charge in [0.25, 0.3) is 0 Å². The average molecular weight is 509 g/mol. The maximum Gasteiger partial charge on any atom is 0.471 e. The number of aryl methyl sites for hydroxylation is 1. The minimum Gasteiger partial charge on any atom is -0.469 e. The van der Waals surface area contributed by atoms with Crippen LogP contribution in [-0.2, 0) is 27.2 Å². The van der Waals surface area contributed by atoms with E-state index in [1.807, 2.05) is 12.1 Å². The van der Waals surface area contributed by atoms with Crippen molar-refractivity contribution >= 4 is 11.9 Å². The van der Waals surface area contributed by atoms with Gasteiger partial charge in [0.05, 0.1) is 18.8 Å². The topological polar surface area (TPSA) is 86.4 Å². The van der Waals surface area contributed by atoms with Gasteiger partial charge in [-0.2, -0.15) is 18.3 Å². The van der Waals surface area contributed by atoms with E-state index in [0.717, 1.165) is 48.1 Å². The fourth-order valence-electron chi connectivity index (χ4n) is 5.35. The highest BCUT2D eigenvalue weighted by atomic mass is 19.4. The first-order valence-electron chi connectivity index (χ1n) is 12.3. The van der Waals surface area contributed by atoms with Crippen LogP contribution in [0.15, 0.2) is 23.0 Å². The zero-order chi connectivity index (χ0) is 26.0. The Morgan fingerprint density at radius 1 is 1.08 bits per heavy atom. The summed E-state index contributed by atoms with van der Waals surface area (Å²) in [5.74, 6) is -1.06. The zero-order valence-electron chi connectivity index (χ0n) is 20.5. The SMILES string of the molecule is COC(=O)CCC1CCC(n2nc(C)n(-c3ccc4c(c3)CCN(C(=O)C(F)(F)F)CC4)c2=O)CC1. The van der Waals surface area contributed by atoms with E-state index >= 15 is 0 Å². The second-order valence-electron chi connectivity index (χ2n) is 9.64. The largest absolute Gasteiger partial charge is 0.471 e. The Hall–Kier alpha value is -3.11. The van der Waals surface area contributed by atoms with Crippen LogP contribution in [0.1, 0.15) is 61.5 Å². The van der Waals surface area contributed by atoms with Gasteiger partial charge in [0.15, 0.2) is 0 Å². The van der Waals surface area contributed by atoms with Crippen molar-refractivity contribution in [3.05, 3.63) is 45.6 Å². The number of aromatic nitrogens is 3. The maximum atomic E-state index is 13.3. The third-order valence-corrected chi connectivity index (χ3v) is 7.39. The molecule has 0 N–H and O–H groups in total. The summed E-state index contributed by atoms with van der Waals surface area (Å²) in [4.78, 5) is 37.3. The van der Waals surface area contributed by atoms with Crippen LogP contribution in [-0.4, -0.2) is 57.5 Å². The van der Waals surface area contributed by atoms with Crippen LogP contribution in [0.3, 0.4) is 0 Å². The lowest BCUT2D eigenvalue weighted by Crippen LogP contribution is -2.42. The van der Waals surface area contributed by atoms with Crippen LogP contribution in [0.2, 0.25) is 0 Å². The van der Waals surface area contributed by atoms with Crippen molar-refractivity contribution in [3.63, 3.8) is 0 Å². The van der Waals surface area contributed by atoms with Crippen LogP contribution in [0, 0.1) is 12.8 Å². The molecule has 2 heterocycles. The quantitative estimate of drug-likeness (QED) is 0.577. The van der Waals surface area contributed by atoms with Crippen molar-refractivity contribution in [3.8, 4) is 5.69 Å². The molecule has 1 saturated carbocycles. The van der Waals surface area contributed by atoms with Crippen molar-refractivity contribution in [1.82, 2.24) is 19.2 Å². The van der Waals surface area contributed by atoms with E-state index in [9.17, 15) is 27.6 Å². The van der Waals surface area contributed by atoms with Gasteiger partial charge >= 0.3 is 23.7 Å². The molecule has 11 heteroatoms. The molecule has 1 aliphatic carbocycles. The molecule has 0 spiro atoms. The first-order chi connectivity index (χ1) is 17.1. The fourth-order valence-corrected chi connectivity index (χ4v) is 5.35. The summed E-state index contributed by atoms with van der Waals surface area (Å²) < 4.78 is 46.4. The van der Waals surface area contributed by atoms with E-state index in [1.165, 1.54) is 11.7 Å². The number of nitrogens with zero attached hydrogens (tertiary/aromatic N) is 4. The third kappa shape index (κ3) is 5.49. The summed E-state index contributed by atoms with van der Waals surface area (Å²) in [6.45, 7) is 1.74. The molecule has 2 aromatic rings. The Balaban J connectivity index is 1.47. The van der Waals surface area contributed by atoms with Crippen molar-refractivity contribution < 1.29 is 27.5 Å². The van der Waals surface area contributed by atoms with E-state index in [0.29, 0.717) is 30.3 Å². The number of rotatable bonds is 5. The number of ether oxygens (including phenoxy) is 1. The molecule has 1 aromatic carbocycles. The Bertz CT molecular complexity index is 1180. The lowest BCUT2D eigenvalue weighted by molar-refractivity contribution is -0.185. The van der Waals surface area contributed by atoms with Crippen LogP contribution in [0.25, 0.3) is 5.69 Å². The van der Waals surface area contributed by atoms with Crippen LogP contribution in [0.5, 0.6) is 0 Å². The van der Waals surface area contributed by atoms with Gasteiger partial charge in [-0.05, 0) is 81.0 Å². The standard InChI is InChI=1S/C25H31F3N4O4/c1-16-29-32(20-7-3-17(4-8-20)5-10-22(33)36-2)24(35)31(16)21-9-6-18-11-13-30(14-12-19(18)15-21)23(34)25(26,27)28/h6,9,15,17,20H,3-5,7-8,10-14H2,1-2H3. The van der Waals surface area contributed by atoms with Gasteiger partial charge in [0, 0.05) is 19.5 Å². The molecular weight excluding hydrogens is 477 g/mol. The molecule has 0 saturated heterocycles. The zero-order valence-corrected chi connectivity index (χ0v) is 20.5. The van der Waals surface area contributed by atoms with Gasteiger partial charge < -0.3 is 9.64 Å². The van der Waals surface area contributed by atoms with E-state index in [4.69, 9.17) is 4.74 Å². The number of hydrogen-bond donors (Lipinski definition) is 0. The molecule has 1 aromatic heterocycles. The van der Waals surface area contributed by atoms with Gasteiger partial charge in [-0.25, -0.2) is 14.0 Å². The molecule has 0 bridgehead atoms. The Morgan fingerprint density at radius 2 is 1.75 bits per heavy atom. The molecule has 0 atom stereocenters. The van der Waals surface area contributed by atoms with Crippen LogP contribution >= 0.6 is 0 Å². The van der Waals surface area contributed by atoms with Crippen LogP contribution < -0.4 is 5.69 Å². The number of esters is 1. The highest BCUT2D eigenvalue weighted by Gasteiger charge is 2.42. The van der Waals surface area contributed by atoms with Gasteiger partial charge in [0.2, 0.25) is 0 Å². The van der Waals surface area contributed by atoms with Crippen molar-refractivity contribution in [1.29, 1.82) is 0 Å². The van der Waals surface area contributed by atoms with Crippen LogP contribution in [0.4, 0.5) is 13.2 Å². The minimum atomic E-state index is -4.89. The van der Waals surface area contributed by atoms with Crippen molar-refractivity contribution in [2.45, 2.75) is 70.5 Å². The number of fused-ring (bicyclic) bond motifs is 1. The van der Waals surface area contributed by atoms with Crippen molar-refractivity contribution in [2.75, 3.05) is 20.2 Å². The van der Waals surface area contributed by atoms with E-state index in [2.05, 4.69) is 5.10 Å². The number of halogens is 3. The third-order valence-electron chi connectivity index (χ3n) is 7.39. The molecule has 1 fully saturated rings. The second kappa shape index (κ2) is 10.5. The molecule has 1 aliphatic heterocycles. The Labute approximate surface area is 207 Å². The molecule has 0 radical (unpaired) electrons. The summed E-state index contributed by atoms with van der Waals surface area (Å²) >= 11 is 0. The number of methoxy groups -OCH3 is 1. The molecule has 196 valence electrons. The number of benzene rings is 1. The van der Waals surface area contributed by atoms with Gasteiger partial charge in [0.1, 0.15) is 5.82 Å². The molecule has 4 rings (SSSR count). The first-order valence-corrected chi connectivity index (χ1v) is 12.3. The highest BCUT2D eigenvalue weighted by Crippen LogP contribution is 2.34. The Kier molecular flexibility index (Phi) is 7.56. The van der Waals surface area contributed by atoms with Crippen molar-refractivity contribution in [2.24, 2.45) is 5.92 Å². The fraction of sp³-hybridized carbons (Fsp3) is 0.600. The summed E-state index contributed by atoms with van der Waals surface area (Å²) in [5.41, 5.74) is 2.08. The molecule has 2 aliphatic rings. The normalized spacial score (nSPS) is 20.5. The number of carbonyl (C=O) groups excluding carboxylic acids is 2. The summed E-state index contributed by atoms with van der Waals surface area (Å²) in [5, 5.41) is 4.53. The second-order valence-corrected chi connectivity index (χ2v) is 9.64. The van der Waals surface area contributed by atoms with Gasteiger partial charge in [-0.3, -0.25) is 9.59 Å². The van der Waals surface area contributed by atoms with E-state index < -0.39 is 12.1 Å². The van der Waals surface area contributed by atoms with Gasteiger partial charge in [-0.15, -0.1) is 0 Å². The lowest BCUT2D eigenvalue weighted by Gasteiger charge is -2.27. The Morgan fingerprint density at radius 3 is 2.39 bits per heavy atom. The van der Waals surface area contributed by atoms with Gasteiger partial charge in [-0.1, -0.05) is 6.07 Å². The summed E-state index contributed by atoms with van der Waals surface area (Å²) in [7, 11) is 1.39. The number of amides is 1. The van der Waals surface area contributed by atoms with E-state index in [-0.39, 0.29) is 37.2 Å². The smallest absolute Gasteiger partial charge is 0.469 e. The minimum absolute atomic E-state index is 0.00387. The predicted molar refractivity (Wildman–Crippen MR) is 125 cm³/mol. The molecular formula is C25H31F3N4O4. The van der Waals surface area contributed by atoms with E-state index in [1.54, 1.807) is 17.7 Å². The monoisotopic (exact) mass is 508 g/mol. The number of carbonyl (C=O) groups is 2. The summed E-state index contributed by atoms with van der Waals surface area (Å²) in [6.07, 6.45) is 0.319. The molecule has 0 unspecified atom stereocenters. The number of hydrogen-bond acceptors (Lipinski definition) is 5. The average Bonchev–Trinajstić information content (AvgIpc) is 3.02.